The van der Waals surface area contributed by atoms with Crippen LogP contribution >= 0.6 is 0 Å². The van der Waals surface area contributed by atoms with Crippen LogP contribution in [-0.4, -0.2) is 32.2 Å². The lowest BCUT2D eigenvalue weighted by atomic mass is 10.2. The summed E-state index contributed by atoms with van der Waals surface area (Å²) in [5.74, 6) is -0.607. The molecule has 0 bridgehead atoms. The zero-order valence-electron chi connectivity index (χ0n) is 11.3. The fourth-order valence-corrected chi connectivity index (χ4v) is 1.45. The van der Waals surface area contributed by atoms with Crippen LogP contribution in [0.1, 0.15) is 30.1 Å². The van der Waals surface area contributed by atoms with Crippen LogP contribution in [0.2, 0.25) is 0 Å². The molecule has 0 atom stereocenters. The van der Waals surface area contributed by atoms with Gasteiger partial charge >= 0.3 is 11.9 Å². The van der Waals surface area contributed by atoms with E-state index in [4.69, 9.17) is 4.74 Å². The smallest absolute Gasteiger partial charge is 0.338 e. The number of hydrogen-bond donors (Lipinski definition) is 1. The molecule has 1 aromatic rings. The molecule has 0 fully saturated rings. The van der Waals surface area contributed by atoms with Crippen molar-refractivity contribution in [2.45, 2.75) is 19.8 Å². The number of hydrogen-bond acceptors (Lipinski definition) is 5. The van der Waals surface area contributed by atoms with Crippen molar-refractivity contribution in [3.8, 4) is 0 Å². The first-order valence-corrected chi connectivity index (χ1v) is 6.25. The summed E-state index contributed by atoms with van der Waals surface area (Å²) in [6, 6.07) is 7.00. The third-order valence-electron chi connectivity index (χ3n) is 2.42. The van der Waals surface area contributed by atoms with E-state index in [1.165, 1.54) is 7.11 Å². The summed E-state index contributed by atoms with van der Waals surface area (Å²) in [4.78, 5) is 22.6. The normalized spacial score (nSPS) is 9.79. The number of ether oxygens (including phenoxy) is 2. The van der Waals surface area contributed by atoms with E-state index in [9.17, 15) is 9.59 Å². The monoisotopic (exact) mass is 265 g/mol. The average molecular weight is 265 g/mol. The fraction of sp³-hybridized carbons (Fsp3) is 0.429. The molecule has 0 saturated heterocycles. The van der Waals surface area contributed by atoms with Gasteiger partial charge in [0.1, 0.15) is 0 Å². The summed E-state index contributed by atoms with van der Waals surface area (Å²) in [5.41, 5.74) is 1.27. The Kier molecular flexibility index (Phi) is 6.43. The highest BCUT2D eigenvalue weighted by atomic mass is 16.5. The molecular formula is C14H19NO4. The molecule has 0 aliphatic rings. The maximum absolute atomic E-state index is 11.7. The van der Waals surface area contributed by atoms with Crippen LogP contribution in [0.5, 0.6) is 0 Å². The highest BCUT2D eigenvalue weighted by molar-refractivity contribution is 5.90. The van der Waals surface area contributed by atoms with E-state index >= 15 is 0 Å². The minimum atomic E-state index is -0.335. The standard InChI is InChI=1S/C14H19NO4/c1-3-9-19-14(17)11-5-4-6-12(10-11)15-8-7-13(16)18-2/h4-6,10,15H,3,7-9H2,1-2H3. The molecule has 0 saturated carbocycles. The molecule has 1 aromatic carbocycles. The predicted octanol–water partition coefficient (Wildman–Crippen LogP) is 2.23. The van der Waals surface area contributed by atoms with Gasteiger partial charge < -0.3 is 14.8 Å². The Morgan fingerprint density at radius 2 is 2.11 bits per heavy atom. The molecule has 104 valence electrons. The zero-order valence-corrected chi connectivity index (χ0v) is 11.3. The number of carbonyl (C=O) groups excluding carboxylic acids is 2. The Morgan fingerprint density at radius 3 is 2.79 bits per heavy atom. The molecule has 1 N–H and O–H groups in total. The van der Waals surface area contributed by atoms with Gasteiger partial charge in [0.2, 0.25) is 0 Å². The average Bonchev–Trinajstić information content (AvgIpc) is 2.44. The number of esters is 2. The number of rotatable bonds is 7. The van der Waals surface area contributed by atoms with Crippen molar-refractivity contribution >= 4 is 17.6 Å². The quantitative estimate of drug-likeness (QED) is 0.766. The van der Waals surface area contributed by atoms with Gasteiger partial charge in [0.15, 0.2) is 0 Å². The van der Waals surface area contributed by atoms with E-state index in [1.54, 1.807) is 18.2 Å². The van der Waals surface area contributed by atoms with Crippen LogP contribution in [0.25, 0.3) is 0 Å². The van der Waals surface area contributed by atoms with Gasteiger partial charge in [0.25, 0.3) is 0 Å². The third-order valence-corrected chi connectivity index (χ3v) is 2.42. The van der Waals surface area contributed by atoms with Crippen LogP contribution in [0.15, 0.2) is 24.3 Å². The molecular weight excluding hydrogens is 246 g/mol. The highest BCUT2D eigenvalue weighted by Crippen LogP contribution is 2.12. The summed E-state index contributed by atoms with van der Waals surface area (Å²) in [7, 11) is 1.35. The summed E-state index contributed by atoms with van der Waals surface area (Å²) in [6.07, 6.45) is 1.07. The second-order valence-electron chi connectivity index (χ2n) is 3.97. The van der Waals surface area contributed by atoms with Gasteiger partial charge in [-0.15, -0.1) is 0 Å². The minimum Gasteiger partial charge on any atom is -0.469 e. The first kappa shape index (κ1) is 15.0. The molecule has 0 aromatic heterocycles. The second kappa shape index (κ2) is 8.13. The van der Waals surface area contributed by atoms with Gasteiger partial charge in [0, 0.05) is 12.2 Å². The van der Waals surface area contributed by atoms with Gasteiger partial charge in [-0.05, 0) is 24.6 Å². The number of nitrogens with one attached hydrogen (secondary N) is 1. The maximum atomic E-state index is 11.7. The fourth-order valence-electron chi connectivity index (χ4n) is 1.45. The lowest BCUT2D eigenvalue weighted by Crippen LogP contribution is -2.10. The van der Waals surface area contributed by atoms with Crippen molar-refractivity contribution in [2.75, 3.05) is 25.6 Å². The third kappa shape index (κ3) is 5.42. The first-order valence-electron chi connectivity index (χ1n) is 6.25. The van der Waals surface area contributed by atoms with Gasteiger partial charge in [0.05, 0.1) is 25.7 Å². The molecule has 19 heavy (non-hydrogen) atoms. The van der Waals surface area contributed by atoms with E-state index in [2.05, 4.69) is 10.1 Å². The molecule has 5 heteroatoms. The van der Waals surface area contributed by atoms with Crippen molar-refractivity contribution in [1.82, 2.24) is 0 Å². The molecule has 5 nitrogen and oxygen atoms in total. The molecule has 0 aliphatic heterocycles. The SMILES string of the molecule is CCCOC(=O)c1cccc(NCCC(=O)OC)c1. The van der Waals surface area contributed by atoms with Gasteiger partial charge in [-0.25, -0.2) is 4.79 Å². The maximum Gasteiger partial charge on any atom is 0.338 e. The Morgan fingerprint density at radius 1 is 1.32 bits per heavy atom. The second-order valence-corrected chi connectivity index (χ2v) is 3.97. The lowest BCUT2D eigenvalue weighted by molar-refractivity contribution is -0.140. The minimum absolute atomic E-state index is 0.272. The molecule has 0 radical (unpaired) electrons. The summed E-state index contributed by atoms with van der Waals surface area (Å²) >= 11 is 0. The van der Waals surface area contributed by atoms with Crippen LogP contribution in [-0.2, 0) is 14.3 Å². The van der Waals surface area contributed by atoms with Crippen LogP contribution < -0.4 is 5.32 Å². The van der Waals surface area contributed by atoms with Crippen molar-refractivity contribution in [3.63, 3.8) is 0 Å². The Balaban J connectivity index is 2.52. The molecule has 0 unspecified atom stereocenters. The van der Waals surface area contributed by atoms with Crippen molar-refractivity contribution < 1.29 is 19.1 Å². The Hall–Kier alpha value is -2.04. The van der Waals surface area contributed by atoms with Gasteiger partial charge in [-0.1, -0.05) is 13.0 Å². The van der Waals surface area contributed by atoms with Crippen LogP contribution in [0.3, 0.4) is 0 Å². The van der Waals surface area contributed by atoms with E-state index in [0.717, 1.165) is 12.1 Å². The van der Waals surface area contributed by atoms with Crippen molar-refractivity contribution in [1.29, 1.82) is 0 Å². The number of benzene rings is 1. The highest BCUT2D eigenvalue weighted by Gasteiger charge is 2.07. The topological polar surface area (TPSA) is 64.6 Å². The molecule has 0 aliphatic carbocycles. The van der Waals surface area contributed by atoms with E-state index in [1.807, 2.05) is 13.0 Å². The predicted molar refractivity (Wildman–Crippen MR) is 72.1 cm³/mol. The van der Waals surface area contributed by atoms with E-state index in [0.29, 0.717) is 18.7 Å². The van der Waals surface area contributed by atoms with Crippen LogP contribution in [0, 0.1) is 0 Å². The largest absolute Gasteiger partial charge is 0.469 e. The summed E-state index contributed by atoms with van der Waals surface area (Å²) in [6.45, 7) is 2.82. The van der Waals surface area contributed by atoms with E-state index in [-0.39, 0.29) is 18.4 Å². The molecule has 0 amide bonds. The summed E-state index contributed by atoms with van der Waals surface area (Å²) < 4.78 is 9.59. The Bertz CT molecular complexity index is 431. The first-order chi connectivity index (χ1) is 9.17. The number of carbonyl (C=O) groups is 2. The van der Waals surface area contributed by atoms with Crippen molar-refractivity contribution in [2.24, 2.45) is 0 Å². The molecule has 0 heterocycles. The molecule has 1 rings (SSSR count). The summed E-state index contributed by atoms with van der Waals surface area (Å²) in [5, 5.41) is 3.05. The van der Waals surface area contributed by atoms with E-state index < -0.39 is 0 Å². The zero-order chi connectivity index (χ0) is 14.1. The van der Waals surface area contributed by atoms with Crippen LogP contribution in [0.4, 0.5) is 5.69 Å². The van der Waals surface area contributed by atoms with Gasteiger partial charge in [-0.2, -0.15) is 0 Å². The number of methoxy groups -OCH3 is 1. The van der Waals surface area contributed by atoms with Gasteiger partial charge in [-0.3, -0.25) is 4.79 Å². The molecule has 0 spiro atoms. The van der Waals surface area contributed by atoms with Crippen molar-refractivity contribution in [3.05, 3.63) is 29.8 Å². The number of anilines is 1. The Labute approximate surface area is 112 Å². The lowest BCUT2D eigenvalue weighted by Gasteiger charge is -2.08.